The van der Waals surface area contributed by atoms with Gasteiger partial charge in [0.25, 0.3) is 0 Å². The number of rotatable bonds is 6. The monoisotopic (exact) mass is 398 g/mol. The summed E-state index contributed by atoms with van der Waals surface area (Å²) in [5.74, 6) is 0.132. The number of nitrogens with one attached hydrogen (secondary N) is 1. The van der Waals surface area contributed by atoms with Crippen molar-refractivity contribution in [1.29, 1.82) is 0 Å². The minimum absolute atomic E-state index is 0.00704. The van der Waals surface area contributed by atoms with Crippen molar-refractivity contribution in [2.75, 3.05) is 6.54 Å². The average Bonchev–Trinajstić information content (AvgIpc) is 3.41. The zero-order valence-electron chi connectivity index (χ0n) is 17.1. The number of amides is 2. The first-order valence-corrected chi connectivity index (χ1v) is 10.6. The van der Waals surface area contributed by atoms with E-state index in [1.54, 1.807) is 4.90 Å². The lowest BCUT2D eigenvalue weighted by molar-refractivity contribution is -0.130. The van der Waals surface area contributed by atoms with Crippen LogP contribution in [0.1, 0.15) is 56.7 Å². The van der Waals surface area contributed by atoms with Crippen LogP contribution < -0.4 is 11.1 Å². The molecular weight excluding hydrogens is 368 g/mol. The minimum Gasteiger partial charge on any atom is -0.390 e. The van der Waals surface area contributed by atoms with E-state index < -0.39 is 6.10 Å². The number of guanidine groups is 1. The predicted octanol–water partition coefficient (Wildman–Crippen LogP) is 1.50. The Bertz CT molecular complexity index is 848. The van der Waals surface area contributed by atoms with E-state index in [0.717, 1.165) is 30.4 Å². The maximum atomic E-state index is 12.7. The second-order valence-electron chi connectivity index (χ2n) is 8.64. The molecule has 0 radical (unpaired) electrons. The normalized spacial score (nSPS) is 30.0. The van der Waals surface area contributed by atoms with Crippen molar-refractivity contribution in [2.24, 2.45) is 22.6 Å². The Morgan fingerprint density at radius 3 is 2.76 bits per heavy atom. The third-order valence-corrected chi connectivity index (χ3v) is 6.90. The Balaban J connectivity index is 1.37. The Hall–Kier alpha value is -2.41. The van der Waals surface area contributed by atoms with Crippen molar-refractivity contribution in [1.82, 2.24) is 10.2 Å². The fourth-order valence-electron chi connectivity index (χ4n) is 4.71. The first-order valence-electron chi connectivity index (χ1n) is 10.6. The molecule has 0 unspecified atom stereocenters. The molecule has 7 heteroatoms. The lowest BCUT2D eigenvalue weighted by Gasteiger charge is -2.36. The van der Waals surface area contributed by atoms with E-state index in [4.69, 9.17) is 5.73 Å². The van der Waals surface area contributed by atoms with E-state index in [1.165, 1.54) is 0 Å². The highest BCUT2D eigenvalue weighted by Gasteiger charge is 2.47. The molecule has 0 spiro atoms. The molecule has 0 saturated heterocycles. The Morgan fingerprint density at radius 1 is 1.34 bits per heavy atom. The van der Waals surface area contributed by atoms with Crippen LogP contribution in [0.3, 0.4) is 0 Å². The average molecular weight is 399 g/mol. The van der Waals surface area contributed by atoms with Crippen molar-refractivity contribution < 1.29 is 14.7 Å². The summed E-state index contributed by atoms with van der Waals surface area (Å²) in [4.78, 5) is 31.6. The van der Waals surface area contributed by atoms with Crippen LogP contribution in [-0.4, -0.2) is 46.0 Å². The van der Waals surface area contributed by atoms with Gasteiger partial charge in [-0.15, -0.1) is 0 Å². The summed E-state index contributed by atoms with van der Waals surface area (Å²) in [7, 11) is 0. The molecule has 1 saturated carbocycles. The molecule has 29 heavy (non-hydrogen) atoms. The molecule has 4 rings (SSSR count). The number of hydrogen-bond acceptors (Lipinski definition) is 5. The molecule has 1 aromatic carbocycles. The largest absolute Gasteiger partial charge is 0.390 e. The van der Waals surface area contributed by atoms with Gasteiger partial charge in [-0.25, -0.2) is 4.99 Å². The van der Waals surface area contributed by atoms with Gasteiger partial charge in [0.15, 0.2) is 5.96 Å². The lowest BCUT2D eigenvalue weighted by Crippen LogP contribution is -2.52. The molecule has 1 fully saturated rings. The van der Waals surface area contributed by atoms with Gasteiger partial charge in [0.1, 0.15) is 0 Å². The van der Waals surface area contributed by atoms with E-state index >= 15 is 0 Å². The van der Waals surface area contributed by atoms with Crippen LogP contribution in [0.25, 0.3) is 0 Å². The lowest BCUT2D eigenvalue weighted by atomic mass is 9.88. The molecule has 1 heterocycles. The Kier molecular flexibility index (Phi) is 5.11. The van der Waals surface area contributed by atoms with E-state index in [9.17, 15) is 14.7 Å². The van der Waals surface area contributed by atoms with Gasteiger partial charge >= 0.3 is 0 Å². The molecule has 2 aliphatic carbocycles. The van der Waals surface area contributed by atoms with E-state index in [0.29, 0.717) is 19.4 Å². The van der Waals surface area contributed by atoms with Gasteiger partial charge in [-0.3, -0.25) is 14.5 Å². The molecule has 1 aliphatic heterocycles. The van der Waals surface area contributed by atoms with Crippen molar-refractivity contribution in [3.05, 3.63) is 35.4 Å². The second kappa shape index (κ2) is 7.44. The summed E-state index contributed by atoms with van der Waals surface area (Å²) in [6.45, 7) is 4.49. The van der Waals surface area contributed by atoms with Gasteiger partial charge in [-0.05, 0) is 36.3 Å². The summed E-state index contributed by atoms with van der Waals surface area (Å²) in [6, 6.07) is 7.45. The number of aliphatic imine (C=N–C) groups is 1. The molecule has 3 aliphatic rings. The first kappa shape index (κ1) is 19.9. The van der Waals surface area contributed by atoms with Crippen LogP contribution in [0.15, 0.2) is 29.3 Å². The van der Waals surface area contributed by atoms with Gasteiger partial charge in [0.05, 0.1) is 24.1 Å². The first-order chi connectivity index (χ1) is 13.9. The van der Waals surface area contributed by atoms with Crippen LogP contribution in [-0.2, 0) is 16.0 Å². The number of fused-ring (bicyclic) bond motifs is 1. The highest BCUT2D eigenvalue weighted by Crippen LogP contribution is 2.41. The predicted molar refractivity (Wildman–Crippen MR) is 110 cm³/mol. The summed E-state index contributed by atoms with van der Waals surface area (Å²) >= 11 is 0. The number of nitrogens with zero attached hydrogens (tertiary/aromatic N) is 2. The summed E-state index contributed by atoms with van der Waals surface area (Å²) in [5, 5.41) is 13.4. The van der Waals surface area contributed by atoms with Crippen molar-refractivity contribution >= 4 is 17.8 Å². The van der Waals surface area contributed by atoms with E-state index in [2.05, 4.69) is 10.3 Å². The Morgan fingerprint density at radius 2 is 2.07 bits per heavy atom. The van der Waals surface area contributed by atoms with Crippen LogP contribution in [0.2, 0.25) is 0 Å². The van der Waals surface area contributed by atoms with Crippen LogP contribution >= 0.6 is 0 Å². The third kappa shape index (κ3) is 3.64. The van der Waals surface area contributed by atoms with Crippen molar-refractivity contribution in [3.63, 3.8) is 0 Å². The molecular formula is C22H30N4O3. The zero-order valence-corrected chi connectivity index (χ0v) is 17.1. The molecule has 0 bridgehead atoms. The number of aliphatic hydroxyl groups is 1. The summed E-state index contributed by atoms with van der Waals surface area (Å²) in [5.41, 5.74) is 7.80. The van der Waals surface area contributed by atoms with Crippen LogP contribution in [0.4, 0.5) is 0 Å². The Labute approximate surface area is 171 Å². The van der Waals surface area contributed by atoms with Gasteiger partial charge in [-0.2, -0.15) is 0 Å². The fourth-order valence-corrected chi connectivity index (χ4v) is 4.71. The summed E-state index contributed by atoms with van der Waals surface area (Å²) in [6.07, 6.45) is 2.61. The van der Waals surface area contributed by atoms with Crippen molar-refractivity contribution in [2.45, 2.75) is 63.6 Å². The molecule has 0 aromatic heterocycles. The van der Waals surface area contributed by atoms with Crippen LogP contribution in [0, 0.1) is 11.8 Å². The number of benzene rings is 1. The number of aliphatic hydroxyl groups excluding tert-OH is 1. The highest BCUT2D eigenvalue weighted by atomic mass is 16.3. The highest BCUT2D eigenvalue weighted by molar-refractivity contribution is 5.99. The second-order valence-corrected chi connectivity index (χ2v) is 8.64. The SMILES string of the molecule is CCC1(CC)CC(=O)N(C[C@H]2C[C@@H]2C(=O)N[C@@H]2c3ccccc3C[C@@H]2O)C(N)=N1. The zero-order chi connectivity index (χ0) is 20.8. The molecule has 1 aromatic rings. The summed E-state index contributed by atoms with van der Waals surface area (Å²) < 4.78 is 0. The fraction of sp³-hybridized carbons (Fsp3) is 0.591. The number of hydrogen-bond donors (Lipinski definition) is 3. The third-order valence-electron chi connectivity index (χ3n) is 6.90. The van der Waals surface area contributed by atoms with Gasteiger partial charge in [0.2, 0.25) is 11.8 Å². The minimum atomic E-state index is -0.601. The maximum absolute atomic E-state index is 12.7. The smallest absolute Gasteiger partial charge is 0.231 e. The molecule has 2 amide bonds. The molecule has 4 N–H and O–H groups in total. The molecule has 7 nitrogen and oxygen atoms in total. The number of carbonyl (C=O) groups excluding carboxylic acids is 2. The van der Waals surface area contributed by atoms with E-state index in [-0.39, 0.29) is 41.2 Å². The van der Waals surface area contributed by atoms with Crippen molar-refractivity contribution in [3.8, 4) is 0 Å². The standard InChI is InChI=1S/C22H30N4O3/c1-3-22(4-2)11-18(28)26(21(23)25-22)12-14-9-16(14)20(29)24-19-15-8-6-5-7-13(15)10-17(19)27/h5-8,14,16-17,19,27H,3-4,9-12H2,1-2H3,(H2,23,25)(H,24,29)/t14-,16+,17+,19-/m1/s1. The molecule has 4 atom stereocenters. The molecule has 156 valence electrons. The number of carbonyl (C=O) groups is 2. The maximum Gasteiger partial charge on any atom is 0.231 e. The quantitative estimate of drug-likeness (QED) is 0.675. The van der Waals surface area contributed by atoms with Gasteiger partial charge in [-0.1, -0.05) is 38.1 Å². The topological polar surface area (TPSA) is 108 Å². The van der Waals surface area contributed by atoms with Gasteiger partial charge in [0, 0.05) is 18.9 Å². The van der Waals surface area contributed by atoms with Gasteiger partial charge < -0.3 is 16.2 Å². The van der Waals surface area contributed by atoms with Crippen LogP contribution in [0.5, 0.6) is 0 Å². The van der Waals surface area contributed by atoms with E-state index in [1.807, 2.05) is 38.1 Å². The number of nitrogens with two attached hydrogens (primary N) is 1.